The third-order valence-corrected chi connectivity index (χ3v) is 4.14. The third kappa shape index (κ3) is 3.42. The Morgan fingerprint density at radius 3 is 2.35 bits per heavy atom. The van der Waals surface area contributed by atoms with E-state index in [4.69, 9.17) is 0 Å². The van der Waals surface area contributed by atoms with Crippen LogP contribution in [0.25, 0.3) is 11.4 Å². The number of hydrogen-bond donors (Lipinski definition) is 1. The van der Waals surface area contributed by atoms with Gasteiger partial charge in [-0.2, -0.15) is 5.10 Å². The minimum atomic E-state index is -0.100. The lowest BCUT2D eigenvalue weighted by Gasteiger charge is -2.06. The summed E-state index contributed by atoms with van der Waals surface area (Å²) >= 11 is 0. The molecule has 0 aliphatic carbocycles. The Balaban J connectivity index is 1.39. The normalized spacial score (nSPS) is 10.6. The molecule has 0 spiro atoms. The first-order valence-corrected chi connectivity index (χ1v) is 8.40. The molecule has 4 aromatic rings. The Kier molecular flexibility index (Phi) is 4.35. The van der Waals surface area contributed by atoms with Gasteiger partial charge in [0.05, 0.1) is 11.9 Å². The van der Waals surface area contributed by atoms with Gasteiger partial charge in [0.1, 0.15) is 0 Å². The lowest BCUT2D eigenvalue weighted by atomic mass is 10.2. The molecular weight excluding hydrogens is 324 g/mol. The second-order valence-corrected chi connectivity index (χ2v) is 5.95. The quantitative estimate of drug-likeness (QED) is 0.602. The highest BCUT2D eigenvalue weighted by atomic mass is 16.1. The largest absolute Gasteiger partial charge is 0.348 e. The van der Waals surface area contributed by atoms with Crippen LogP contribution < -0.4 is 5.32 Å². The summed E-state index contributed by atoms with van der Waals surface area (Å²) in [6.45, 7) is 0.436. The first-order chi connectivity index (χ1) is 12.8. The van der Waals surface area contributed by atoms with Crippen LogP contribution in [0.15, 0.2) is 91.5 Å². The Hall–Kier alpha value is -3.60. The smallest absolute Gasteiger partial charge is 0.251 e. The predicted octanol–water partition coefficient (Wildman–Crippen LogP) is 3.59. The third-order valence-electron chi connectivity index (χ3n) is 4.14. The first-order valence-electron chi connectivity index (χ1n) is 8.40. The van der Waals surface area contributed by atoms with Gasteiger partial charge < -0.3 is 9.88 Å². The molecular formula is C21H18N4O. The van der Waals surface area contributed by atoms with Gasteiger partial charge in [0.25, 0.3) is 5.91 Å². The van der Waals surface area contributed by atoms with E-state index in [1.807, 2.05) is 89.9 Å². The molecule has 0 fully saturated rings. The Morgan fingerprint density at radius 1 is 0.885 bits per heavy atom. The molecule has 1 amide bonds. The zero-order valence-electron chi connectivity index (χ0n) is 14.1. The van der Waals surface area contributed by atoms with Gasteiger partial charge in [-0.05, 0) is 48.5 Å². The van der Waals surface area contributed by atoms with Crippen molar-refractivity contribution in [3.63, 3.8) is 0 Å². The number of amides is 1. The van der Waals surface area contributed by atoms with Crippen molar-refractivity contribution in [2.75, 3.05) is 0 Å². The zero-order valence-corrected chi connectivity index (χ0v) is 14.1. The van der Waals surface area contributed by atoms with Gasteiger partial charge >= 0.3 is 0 Å². The van der Waals surface area contributed by atoms with Crippen LogP contribution in [-0.2, 0) is 6.54 Å². The van der Waals surface area contributed by atoms with E-state index in [2.05, 4.69) is 10.4 Å². The van der Waals surface area contributed by atoms with Gasteiger partial charge in [-0.1, -0.05) is 18.2 Å². The van der Waals surface area contributed by atoms with E-state index < -0.39 is 0 Å². The van der Waals surface area contributed by atoms with Gasteiger partial charge in [-0.3, -0.25) is 4.79 Å². The summed E-state index contributed by atoms with van der Waals surface area (Å²) in [6, 6.07) is 21.3. The molecule has 0 atom stereocenters. The Morgan fingerprint density at radius 2 is 1.62 bits per heavy atom. The molecule has 0 saturated heterocycles. The summed E-state index contributed by atoms with van der Waals surface area (Å²) in [5.41, 5.74) is 3.60. The van der Waals surface area contributed by atoms with Crippen LogP contribution in [0.3, 0.4) is 0 Å². The topological polar surface area (TPSA) is 51.9 Å². The van der Waals surface area contributed by atoms with E-state index in [1.165, 1.54) is 0 Å². The number of benzene rings is 2. The van der Waals surface area contributed by atoms with E-state index in [1.54, 1.807) is 10.9 Å². The fourth-order valence-electron chi connectivity index (χ4n) is 2.75. The molecule has 26 heavy (non-hydrogen) atoms. The second kappa shape index (κ2) is 7.11. The summed E-state index contributed by atoms with van der Waals surface area (Å²) in [5.74, 6) is -0.100. The summed E-state index contributed by atoms with van der Waals surface area (Å²) in [7, 11) is 0. The second-order valence-electron chi connectivity index (χ2n) is 5.95. The number of nitrogens with one attached hydrogen (secondary N) is 1. The van der Waals surface area contributed by atoms with E-state index in [-0.39, 0.29) is 5.91 Å². The Labute approximate surface area is 151 Å². The molecule has 4 rings (SSSR count). The number of rotatable bonds is 5. The van der Waals surface area contributed by atoms with E-state index in [0.29, 0.717) is 12.1 Å². The Bertz CT molecular complexity index is 986. The van der Waals surface area contributed by atoms with Gasteiger partial charge in [-0.15, -0.1) is 0 Å². The van der Waals surface area contributed by atoms with Crippen LogP contribution >= 0.6 is 0 Å². The molecule has 0 radical (unpaired) electrons. The molecule has 0 aliphatic rings. The van der Waals surface area contributed by atoms with Gasteiger partial charge in [0, 0.05) is 41.9 Å². The zero-order chi connectivity index (χ0) is 17.8. The minimum Gasteiger partial charge on any atom is -0.348 e. The molecule has 5 heteroatoms. The number of aromatic nitrogens is 3. The number of para-hydroxylation sites is 1. The van der Waals surface area contributed by atoms with Crippen molar-refractivity contribution in [3.8, 4) is 11.4 Å². The van der Waals surface area contributed by atoms with Crippen LogP contribution in [0, 0.1) is 0 Å². The number of hydrogen-bond acceptors (Lipinski definition) is 2. The average molecular weight is 342 g/mol. The first kappa shape index (κ1) is 15.9. The molecule has 0 aliphatic heterocycles. The van der Waals surface area contributed by atoms with Crippen molar-refractivity contribution in [3.05, 3.63) is 103 Å². The number of carbonyl (C=O) groups is 1. The summed E-state index contributed by atoms with van der Waals surface area (Å²) in [5, 5.41) is 7.28. The molecule has 0 unspecified atom stereocenters. The fourth-order valence-corrected chi connectivity index (χ4v) is 2.75. The molecule has 2 aromatic heterocycles. The molecule has 0 bridgehead atoms. The van der Waals surface area contributed by atoms with Crippen molar-refractivity contribution >= 4 is 5.91 Å². The van der Waals surface area contributed by atoms with Crippen molar-refractivity contribution in [2.24, 2.45) is 0 Å². The average Bonchev–Trinajstić information content (AvgIpc) is 3.39. The van der Waals surface area contributed by atoms with Crippen molar-refractivity contribution in [2.45, 2.75) is 6.54 Å². The highest BCUT2D eigenvalue weighted by Gasteiger charge is 2.07. The lowest BCUT2D eigenvalue weighted by molar-refractivity contribution is 0.0951. The number of carbonyl (C=O) groups excluding carboxylic acids is 1. The molecule has 0 saturated carbocycles. The van der Waals surface area contributed by atoms with Crippen LogP contribution in [0.2, 0.25) is 0 Å². The highest BCUT2D eigenvalue weighted by molar-refractivity contribution is 5.94. The predicted molar refractivity (Wildman–Crippen MR) is 101 cm³/mol. The van der Waals surface area contributed by atoms with Gasteiger partial charge in [-0.25, -0.2) is 4.68 Å². The van der Waals surface area contributed by atoms with E-state index in [0.717, 1.165) is 16.9 Å². The van der Waals surface area contributed by atoms with Crippen molar-refractivity contribution in [1.82, 2.24) is 19.7 Å². The summed E-state index contributed by atoms with van der Waals surface area (Å²) in [6.07, 6.45) is 7.63. The van der Waals surface area contributed by atoms with Crippen LogP contribution in [-0.4, -0.2) is 20.3 Å². The summed E-state index contributed by atoms with van der Waals surface area (Å²) < 4.78 is 3.80. The molecule has 2 aromatic carbocycles. The monoisotopic (exact) mass is 342 g/mol. The maximum Gasteiger partial charge on any atom is 0.251 e. The molecule has 2 heterocycles. The van der Waals surface area contributed by atoms with Crippen LogP contribution in [0.5, 0.6) is 0 Å². The van der Waals surface area contributed by atoms with Crippen molar-refractivity contribution in [1.29, 1.82) is 0 Å². The standard InChI is InChI=1S/C21H18N4O/c26-21(18-8-10-19(11-9-18)24-12-4-5-13-24)22-14-17-15-23-25(16-17)20-6-2-1-3-7-20/h1-13,15-16H,14H2,(H,22,26). The van der Waals surface area contributed by atoms with E-state index >= 15 is 0 Å². The fraction of sp³-hybridized carbons (Fsp3) is 0.0476. The number of nitrogens with zero attached hydrogens (tertiary/aromatic N) is 3. The maximum atomic E-state index is 12.3. The molecule has 1 N–H and O–H groups in total. The molecule has 5 nitrogen and oxygen atoms in total. The van der Waals surface area contributed by atoms with Gasteiger partial charge in [0.15, 0.2) is 0 Å². The molecule has 128 valence electrons. The van der Waals surface area contributed by atoms with Gasteiger partial charge in [0.2, 0.25) is 0 Å². The minimum absolute atomic E-state index is 0.100. The van der Waals surface area contributed by atoms with Crippen LogP contribution in [0.4, 0.5) is 0 Å². The SMILES string of the molecule is O=C(NCc1cnn(-c2ccccc2)c1)c1ccc(-n2cccc2)cc1. The van der Waals surface area contributed by atoms with E-state index in [9.17, 15) is 4.79 Å². The van der Waals surface area contributed by atoms with Crippen molar-refractivity contribution < 1.29 is 4.79 Å². The maximum absolute atomic E-state index is 12.3. The van der Waals surface area contributed by atoms with Crippen LogP contribution in [0.1, 0.15) is 15.9 Å². The highest BCUT2D eigenvalue weighted by Crippen LogP contribution is 2.11. The lowest BCUT2D eigenvalue weighted by Crippen LogP contribution is -2.22. The summed E-state index contributed by atoms with van der Waals surface area (Å²) in [4.78, 5) is 12.3.